The number of unbranched alkanes of at least 4 members (excludes halogenated alkanes) is 1. The minimum atomic E-state index is -3.52. The average molecular weight is 171 g/mol. The van der Waals surface area contributed by atoms with Crippen LogP contribution in [0.1, 0.15) is 19.3 Å². The van der Waals surface area contributed by atoms with Gasteiger partial charge in [-0.3, -0.25) is 0 Å². The lowest BCUT2D eigenvalue weighted by molar-refractivity contribution is -0.0859. The molecule has 67 valence electrons. The van der Waals surface area contributed by atoms with Gasteiger partial charge >= 0.3 is 0 Å². The highest BCUT2D eigenvalue weighted by atomic mass is 19.3. The van der Waals surface area contributed by atoms with E-state index >= 15 is 0 Å². The summed E-state index contributed by atoms with van der Waals surface area (Å²) in [4.78, 5) is 0. The van der Waals surface area contributed by atoms with E-state index in [1.165, 1.54) is 0 Å². The zero-order chi connectivity index (χ0) is 8.91. The molecule has 0 spiro atoms. The van der Waals surface area contributed by atoms with Crippen LogP contribution in [-0.4, -0.2) is 18.8 Å². The van der Waals surface area contributed by atoms with Crippen LogP contribution < -0.4 is 0 Å². The first kappa shape index (κ1) is 10.7. The van der Waals surface area contributed by atoms with Crippen LogP contribution >= 0.6 is 0 Å². The molecule has 0 aliphatic carbocycles. The van der Waals surface area contributed by atoms with Crippen molar-refractivity contribution >= 4 is 0 Å². The van der Waals surface area contributed by atoms with Gasteiger partial charge in [0.2, 0.25) is 0 Å². The van der Waals surface area contributed by atoms with E-state index in [4.69, 9.17) is 0 Å². The molecule has 1 atom stereocenters. The largest absolute Gasteiger partial charge is 0.281 e. The lowest BCUT2D eigenvalue weighted by atomic mass is 10.1. The van der Waals surface area contributed by atoms with Crippen molar-refractivity contribution in [1.29, 1.82) is 0 Å². The quantitative estimate of drug-likeness (QED) is 0.558. The molecular formula is C7H11F4. The molecular weight excluding hydrogens is 160 g/mol. The Kier molecular flexibility index (Phi) is 4.45. The lowest BCUT2D eigenvalue weighted by Gasteiger charge is -2.17. The third kappa shape index (κ3) is 3.58. The van der Waals surface area contributed by atoms with E-state index in [-0.39, 0.29) is 6.42 Å². The smallest absolute Gasteiger partial charge is 0.248 e. The Bertz CT molecular complexity index is 103. The van der Waals surface area contributed by atoms with E-state index in [1.54, 1.807) is 0 Å². The second-order valence-electron chi connectivity index (χ2n) is 2.34. The Morgan fingerprint density at radius 2 is 1.91 bits per heavy atom. The molecule has 0 saturated carbocycles. The molecule has 0 aliphatic rings. The second kappa shape index (κ2) is 4.57. The SMILES string of the molecule is [CH2]CCCC(F)(F)[C@@H](F)CF. The van der Waals surface area contributed by atoms with E-state index in [0.29, 0.717) is 6.42 Å². The summed E-state index contributed by atoms with van der Waals surface area (Å²) < 4.78 is 48.3. The summed E-state index contributed by atoms with van der Waals surface area (Å²) in [7, 11) is 0. The van der Waals surface area contributed by atoms with Gasteiger partial charge in [-0.2, -0.15) is 0 Å². The summed E-state index contributed by atoms with van der Waals surface area (Å²) >= 11 is 0. The number of alkyl halides is 4. The highest BCUT2D eigenvalue weighted by Gasteiger charge is 2.39. The average Bonchev–Trinajstić information content (AvgIpc) is 1.99. The van der Waals surface area contributed by atoms with Gasteiger partial charge in [0.1, 0.15) is 6.67 Å². The summed E-state index contributed by atoms with van der Waals surface area (Å²) in [6, 6.07) is 0. The third-order valence-electron chi connectivity index (χ3n) is 1.35. The molecule has 11 heavy (non-hydrogen) atoms. The summed E-state index contributed by atoms with van der Waals surface area (Å²) in [6.45, 7) is 1.70. The molecule has 0 aromatic rings. The summed E-state index contributed by atoms with van der Waals surface area (Å²) in [6.07, 6.45) is -2.85. The van der Waals surface area contributed by atoms with Crippen LogP contribution in [0.25, 0.3) is 0 Å². The van der Waals surface area contributed by atoms with E-state index in [2.05, 4.69) is 6.92 Å². The Hall–Kier alpha value is -0.280. The van der Waals surface area contributed by atoms with Gasteiger partial charge in [0, 0.05) is 6.42 Å². The number of hydrogen-bond acceptors (Lipinski definition) is 0. The van der Waals surface area contributed by atoms with E-state index in [1.807, 2.05) is 0 Å². The van der Waals surface area contributed by atoms with Gasteiger partial charge in [-0.05, 0) is 6.42 Å². The lowest BCUT2D eigenvalue weighted by Crippen LogP contribution is -2.31. The first-order valence-corrected chi connectivity index (χ1v) is 3.41. The van der Waals surface area contributed by atoms with Gasteiger partial charge < -0.3 is 0 Å². The topological polar surface area (TPSA) is 0 Å². The molecule has 0 amide bonds. The van der Waals surface area contributed by atoms with Crippen LogP contribution in [-0.2, 0) is 0 Å². The van der Waals surface area contributed by atoms with Crippen LogP contribution in [0.15, 0.2) is 0 Å². The normalized spacial score (nSPS) is 15.0. The van der Waals surface area contributed by atoms with Gasteiger partial charge in [0.15, 0.2) is 6.17 Å². The van der Waals surface area contributed by atoms with Crippen molar-refractivity contribution in [3.8, 4) is 0 Å². The molecule has 4 heteroatoms. The molecule has 0 nitrogen and oxygen atoms in total. The first-order chi connectivity index (χ1) is 5.04. The van der Waals surface area contributed by atoms with E-state index in [0.717, 1.165) is 0 Å². The Balaban J connectivity index is 3.77. The monoisotopic (exact) mass is 171 g/mol. The summed E-state index contributed by atoms with van der Waals surface area (Å²) in [5.74, 6) is -3.52. The molecule has 0 N–H and O–H groups in total. The molecule has 0 aromatic carbocycles. The van der Waals surface area contributed by atoms with E-state index in [9.17, 15) is 17.6 Å². The maximum Gasteiger partial charge on any atom is 0.281 e. The van der Waals surface area contributed by atoms with Crippen LogP contribution in [0.3, 0.4) is 0 Å². The molecule has 0 aliphatic heterocycles. The van der Waals surface area contributed by atoms with Crippen LogP contribution in [0.4, 0.5) is 17.6 Å². The first-order valence-electron chi connectivity index (χ1n) is 3.41. The highest BCUT2D eigenvalue weighted by Crippen LogP contribution is 2.27. The van der Waals surface area contributed by atoms with Crippen LogP contribution in [0, 0.1) is 6.92 Å². The van der Waals surface area contributed by atoms with Gasteiger partial charge in [0.05, 0.1) is 0 Å². The molecule has 0 heterocycles. The Labute approximate surface area is 63.6 Å². The molecule has 0 aromatic heterocycles. The van der Waals surface area contributed by atoms with Crippen molar-refractivity contribution in [3.63, 3.8) is 0 Å². The maximum absolute atomic E-state index is 12.4. The molecule has 0 bridgehead atoms. The standard InChI is InChI=1S/C7H11F4/c1-2-3-4-7(10,11)6(9)5-8/h6H,1-5H2/t6-/m0/s1. The van der Waals surface area contributed by atoms with Crippen molar-refractivity contribution in [2.24, 2.45) is 0 Å². The summed E-state index contributed by atoms with van der Waals surface area (Å²) in [5, 5.41) is 0. The number of hydrogen-bond donors (Lipinski definition) is 0. The highest BCUT2D eigenvalue weighted by molar-refractivity contribution is 4.76. The van der Waals surface area contributed by atoms with Crippen molar-refractivity contribution in [2.45, 2.75) is 31.4 Å². The maximum atomic E-state index is 12.4. The number of rotatable bonds is 5. The predicted octanol–water partition coefficient (Wildman–Crippen LogP) is 2.93. The zero-order valence-electron chi connectivity index (χ0n) is 6.12. The predicted molar refractivity (Wildman–Crippen MR) is 35.0 cm³/mol. The van der Waals surface area contributed by atoms with Crippen molar-refractivity contribution < 1.29 is 17.6 Å². The molecule has 0 rings (SSSR count). The third-order valence-corrected chi connectivity index (χ3v) is 1.35. The van der Waals surface area contributed by atoms with Gasteiger partial charge in [0.25, 0.3) is 5.92 Å². The molecule has 0 unspecified atom stereocenters. The van der Waals surface area contributed by atoms with Crippen molar-refractivity contribution in [1.82, 2.24) is 0 Å². The fraction of sp³-hybridized carbons (Fsp3) is 0.857. The van der Waals surface area contributed by atoms with Crippen LogP contribution in [0.2, 0.25) is 0 Å². The van der Waals surface area contributed by atoms with Gasteiger partial charge in [-0.1, -0.05) is 13.3 Å². The fourth-order valence-corrected chi connectivity index (χ4v) is 0.630. The fourth-order valence-electron chi connectivity index (χ4n) is 0.630. The number of halogens is 4. The Morgan fingerprint density at radius 1 is 1.36 bits per heavy atom. The van der Waals surface area contributed by atoms with Gasteiger partial charge in [-0.15, -0.1) is 0 Å². The Morgan fingerprint density at radius 3 is 2.27 bits per heavy atom. The van der Waals surface area contributed by atoms with Crippen LogP contribution in [0.5, 0.6) is 0 Å². The zero-order valence-corrected chi connectivity index (χ0v) is 6.12. The van der Waals surface area contributed by atoms with Gasteiger partial charge in [-0.25, -0.2) is 17.6 Å². The van der Waals surface area contributed by atoms with E-state index < -0.39 is 25.2 Å². The molecule has 0 saturated heterocycles. The van der Waals surface area contributed by atoms with Crippen molar-refractivity contribution in [2.75, 3.05) is 6.67 Å². The minimum Gasteiger partial charge on any atom is -0.248 e. The van der Waals surface area contributed by atoms with Crippen molar-refractivity contribution in [3.05, 3.63) is 6.92 Å². The summed E-state index contributed by atoms with van der Waals surface area (Å²) in [5.41, 5.74) is 0. The molecule has 0 fully saturated rings. The second-order valence-corrected chi connectivity index (χ2v) is 2.34. The minimum absolute atomic E-state index is 0.118. The molecule has 1 radical (unpaired) electrons.